The van der Waals surface area contributed by atoms with E-state index in [0.717, 1.165) is 27.7 Å². The Labute approximate surface area is 157 Å². The largest absolute Gasteiger partial charge is 0.465 e. The van der Waals surface area contributed by atoms with E-state index in [1.165, 1.54) is 0 Å². The molecule has 3 N–H and O–H groups in total. The minimum Gasteiger partial charge on any atom is -0.465 e. The number of rotatable bonds is 5. The van der Waals surface area contributed by atoms with Crippen LogP contribution in [0.2, 0.25) is 0 Å². The molecule has 27 heavy (non-hydrogen) atoms. The third-order valence-corrected chi connectivity index (χ3v) is 4.89. The number of carbonyl (C=O) groups is 1. The lowest BCUT2D eigenvalue weighted by molar-refractivity contribution is 0.182. The van der Waals surface area contributed by atoms with E-state index >= 15 is 0 Å². The summed E-state index contributed by atoms with van der Waals surface area (Å²) in [4.78, 5) is 15.3. The maximum Gasteiger partial charge on any atom is 0.405 e. The standard InChI is InChI=1S/C23H20N2O2/c26-22(27)25-23(19-12-5-2-6-13-19,16-17-9-3-1-4-10-17)21-15-18-11-7-8-14-20(18)24-21/h1-15,24-25H,16H2,(H,26,27). The van der Waals surface area contributed by atoms with Gasteiger partial charge in [-0.1, -0.05) is 78.9 Å². The third kappa shape index (κ3) is 3.29. The van der Waals surface area contributed by atoms with Crippen LogP contribution in [0.25, 0.3) is 10.9 Å². The summed E-state index contributed by atoms with van der Waals surface area (Å²) in [6, 6.07) is 29.7. The smallest absolute Gasteiger partial charge is 0.405 e. The maximum absolute atomic E-state index is 11.8. The summed E-state index contributed by atoms with van der Waals surface area (Å²) in [5.74, 6) is 0. The number of hydrogen-bond donors (Lipinski definition) is 3. The SMILES string of the molecule is O=C(O)NC(Cc1ccccc1)(c1ccccc1)c1cc2ccccc2[nH]1. The fourth-order valence-corrected chi connectivity index (χ4v) is 3.65. The Morgan fingerprint density at radius 1 is 0.889 bits per heavy atom. The molecule has 1 atom stereocenters. The number of H-pyrrole nitrogens is 1. The first-order chi connectivity index (χ1) is 13.2. The van der Waals surface area contributed by atoms with Crippen molar-refractivity contribution >= 4 is 17.0 Å². The van der Waals surface area contributed by atoms with Crippen LogP contribution in [0, 0.1) is 0 Å². The molecule has 0 radical (unpaired) electrons. The van der Waals surface area contributed by atoms with Crippen molar-refractivity contribution < 1.29 is 9.90 Å². The molecule has 3 aromatic carbocycles. The van der Waals surface area contributed by atoms with Gasteiger partial charge in [-0.15, -0.1) is 0 Å². The van der Waals surface area contributed by atoms with Gasteiger partial charge in [-0.3, -0.25) is 0 Å². The molecule has 0 fully saturated rings. The maximum atomic E-state index is 11.8. The number of para-hydroxylation sites is 1. The van der Waals surface area contributed by atoms with Crippen molar-refractivity contribution in [1.82, 2.24) is 10.3 Å². The average Bonchev–Trinajstić information content (AvgIpc) is 3.13. The van der Waals surface area contributed by atoms with Crippen LogP contribution in [-0.4, -0.2) is 16.2 Å². The summed E-state index contributed by atoms with van der Waals surface area (Å²) in [6.45, 7) is 0. The van der Waals surface area contributed by atoms with Crippen molar-refractivity contribution in [3.8, 4) is 0 Å². The molecule has 1 heterocycles. The second-order valence-electron chi connectivity index (χ2n) is 6.63. The Balaban J connectivity index is 1.95. The number of fused-ring (bicyclic) bond motifs is 1. The van der Waals surface area contributed by atoms with Crippen molar-refractivity contribution in [2.24, 2.45) is 0 Å². The fourth-order valence-electron chi connectivity index (χ4n) is 3.65. The van der Waals surface area contributed by atoms with Gasteiger partial charge in [0.05, 0.1) is 0 Å². The molecule has 4 nitrogen and oxygen atoms in total. The summed E-state index contributed by atoms with van der Waals surface area (Å²) in [6.07, 6.45) is -0.565. The Kier molecular flexibility index (Phi) is 4.38. The van der Waals surface area contributed by atoms with Crippen molar-refractivity contribution in [1.29, 1.82) is 0 Å². The summed E-state index contributed by atoms with van der Waals surface area (Å²) in [5.41, 5.74) is 2.82. The van der Waals surface area contributed by atoms with Crippen LogP contribution < -0.4 is 5.32 Å². The highest BCUT2D eigenvalue weighted by molar-refractivity contribution is 5.81. The summed E-state index contributed by atoms with van der Waals surface area (Å²) < 4.78 is 0. The normalized spacial score (nSPS) is 13.2. The summed E-state index contributed by atoms with van der Waals surface area (Å²) in [5, 5.41) is 13.6. The van der Waals surface area contributed by atoms with E-state index in [4.69, 9.17) is 0 Å². The van der Waals surface area contributed by atoms with Gasteiger partial charge < -0.3 is 15.4 Å². The molecule has 0 aliphatic rings. The van der Waals surface area contributed by atoms with Gasteiger partial charge in [0.2, 0.25) is 0 Å². The monoisotopic (exact) mass is 356 g/mol. The molecule has 0 spiro atoms. The minimum absolute atomic E-state index is 0.497. The molecule has 0 aliphatic carbocycles. The number of benzene rings is 3. The topological polar surface area (TPSA) is 65.1 Å². The van der Waals surface area contributed by atoms with E-state index in [1.54, 1.807) is 0 Å². The summed E-state index contributed by atoms with van der Waals surface area (Å²) >= 11 is 0. The molecule has 1 amide bonds. The highest BCUT2D eigenvalue weighted by Crippen LogP contribution is 2.35. The molecule has 134 valence electrons. The van der Waals surface area contributed by atoms with Gasteiger partial charge >= 0.3 is 6.09 Å². The van der Waals surface area contributed by atoms with Gasteiger partial charge in [0.15, 0.2) is 0 Å². The zero-order valence-corrected chi connectivity index (χ0v) is 14.7. The molecular formula is C23H20N2O2. The number of aromatic nitrogens is 1. The van der Waals surface area contributed by atoms with Crippen LogP contribution in [0.3, 0.4) is 0 Å². The predicted octanol–water partition coefficient (Wildman–Crippen LogP) is 4.92. The molecule has 4 rings (SSSR count). The second-order valence-corrected chi connectivity index (χ2v) is 6.63. The molecular weight excluding hydrogens is 336 g/mol. The van der Waals surface area contributed by atoms with E-state index < -0.39 is 11.6 Å². The van der Waals surface area contributed by atoms with Gasteiger partial charge in [-0.05, 0) is 28.6 Å². The molecule has 4 aromatic rings. The average molecular weight is 356 g/mol. The first-order valence-electron chi connectivity index (χ1n) is 8.86. The first kappa shape index (κ1) is 16.9. The van der Waals surface area contributed by atoms with Gasteiger partial charge in [0.1, 0.15) is 5.54 Å². The van der Waals surface area contributed by atoms with E-state index in [9.17, 15) is 9.90 Å². The highest BCUT2D eigenvalue weighted by atomic mass is 16.4. The van der Waals surface area contributed by atoms with Gasteiger partial charge in [0.25, 0.3) is 0 Å². The fraction of sp³-hybridized carbons (Fsp3) is 0.0870. The van der Waals surface area contributed by atoms with Gasteiger partial charge in [-0.25, -0.2) is 4.79 Å². The van der Waals surface area contributed by atoms with E-state index in [0.29, 0.717) is 6.42 Å². The van der Waals surface area contributed by atoms with E-state index in [-0.39, 0.29) is 0 Å². The van der Waals surface area contributed by atoms with Crippen LogP contribution in [0.5, 0.6) is 0 Å². The molecule has 0 saturated heterocycles. The number of hydrogen-bond acceptors (Lipinski definition) is 1. The van der Waals surface area contributed by atoms with Gasteiger partial charge in [0, 0.05) is 17.6 Å². The Morgan fingerprint density at radius 2 is 1.52 bits per heavy atom. The zero-order valence-electron chi connectivity index (χ0n) is 14.7. The molecule has 0 saturated carbocycles. The van der Waals surface area contributed by atoms with Crippen LogP contribution >= 0.6 is 0 Å². The third-order valence-electron chi connectivity index (χ3n) is 4.89. The minimum atomic E-state index is -1.06. The van der Waals surface area contributed by atoms with Crippen LogP contribution in [0.15, 0.2) is 91.0 Å². The zero-order chi connectivity index (χ0) is 18.7. The lowest BCUT2D eigenvalue weighted by Gasteiger charge is -2.34. The van der Waals surface area contributed by atoms with E-state index in [1.807, 2.05) is 91.0 Å². The predicted molar refractivity (Wildman–Crippen MR) is 107 cm³/mol. The summed E-state index contributed by atoms with van der Waals surface area (Å²) in [7, 11) is 0. The van der Waals surface area contributed by atoms with Crippen molar-refractivity contribution in [2.45, 2.75) is 12.0 Å². The van der Waals surface area contributed by atoms with Gasteiger partial charge in [-0.2, -0.15) is 0 Å². The number of aromatic amines is 1. The molecule has 1 unspecified atom stereocenters. The molecule has 0 bridgehead atoms. The first-order valence-corrected chi connectivity index (χ1v) is 8.86. The van der Waals surface area contributed by atoms with Crippen molar-refractivity contribution in [3.05, 3.63) is 108 Å². The van der Waals surface area contributed by atoms with Crippen molar-refractivity contribution in [3.63, 3.8) is 0 Å². The van der Waals surface area contributed by atoms with Crippen LogP contribution in [0.1, 0.15) is 16.8 Å². The highest BCUT2D eigenvalue weighted by Gasteiger charge is 2.37. The molecule has 1 aromatic heterocycles. The lowest BCUT2D eigenvalue weighted by atomic mass is 9.81. The number of nitrogens with one attached hydrogen (secondary N) is 2. The van der Waals surface area contributed by atoms with Crippen LogP contribution in [0.4, 0.5) is 4.79 Å². The Bertz CT molecular complexity index is 1020. The van der Waals surface area contributed by atoms with E-state index in [2.05, 4.69) is 10.3 Å². The molecule has 0 aliphatic heterocycles. The quantitative estimate of drug-likeness (QED) is 0.475. The second kappa shape index (κ2) is 7.00. The lowest BCUT2D eigenvalue weighted by Crippen LogP contribution is -2.48. The van der Waals surface area contributed by atoms with Crippen molar-refractivity contribution in [2.75, 3.05) is 0 Å². The van der Waals surface area contributed by atoms with Crippen LogP contribution in [-0.2, 0) is 12.0 Å². The number of carboxylic acid groups (broad SMARTS) is 1. The Morgan fingerprint density at radius 3 is 2.19 bits per heavy atom. The molecule has 4 heteroatoms. The Hall–Kier alpha value is -3.53. The number of amides is 1.